The average molecular weight is 392 g/mol. The number of imidazole rings is 1. The van der Waals surface area contributed by atoms with E-state index in [4.69, 9.17) is 27.9 Å². The first-order valence-corrected chi connectivity index (χ1v) is 7.76. The molecule has 0 aliphatic heterocycles. The number of benzene rings is 1. The van der Waals surface area contributed by atoms with Crippen molar-refractivity contribution in [2.45, 2.75) is 0 Å². The summed E-state index contributed by atoms with van der Waals surface area (Å²) < 4.78 is 7.94. The Morgan fingerprint density at radius 3 is 2.90 bits per heavy atom. The van der Waals surface area contributed by atoms with Gasteiger partial charge in [0, 0.05) is 22.1 Å². The van der Waals surface area contributed by atoms with Crippen molar-refractivity contribution in [1.82, 2.24) is 9.38 Å². The lowest BCUT2D eigenvalue weighted by molar-refractivity contribution is 0.111. The van der Waals surface area contributed by atoms with Gasteiger partial charge in [-0.25, -0.2) is 0 Å². The summed E-state index contributed by atoms with van der Waals surface area (Å²) in [6.45, 7) is 0. The zero-order valence-corrected chi connectivity index (χ0v) is 13.6. The Hall–Kier alpha value is -1.08. The lowest BCUT2D eigenvalue weighted by atomic mass is 10.3. The second-order valence-electron chi connectivity index (χ2n) is 3.77. The number of halogens is 3. The second-order valence-corrected chi connectivity index (χ2v) is 6.32. The number of aromatic nitrogens is 2. The molecule has 0 amide bonds. The Morgan fingerprint density at radius 2 is 2.15 bits per heavy atom. The summed E-state index contributed by atoms with van der Waals surface area (Å²) >= 11 is 16.8. The largest absolute Gasteiger partial charge is 0.435 e. The molecule has 0 saturated heterocycles. The third-order valence-electron chi connectivity index (χ3n) is 2.56. The SMILES string of the molecule is O=Cc1c(Oc2cc(Cl)c(Br)cc2Cl)nc2sccn12. The number of aldehydes is 1. The first kappa shape index (κ1) is 13.9. The molecule has 2 heterocycles. The van der Waals surface area contributed by atoms with Gasteiger partial charge in [-0.15, -0.1) is 11.3 Å². The molecular weight excluding hydrogens is 387 g/mol. The quantitative estimate of drug-likeness (QED) is 0.462. The van der Waals surface area contributed by atoms with Gasteiger partial charge >= 0.3 is 0 Å². The molecule has 102 valence electrons. The molecule has 0 aliphatic rings. The standard InChI is InChI=1S/C12H5BrCl2N2O2S/c13-6-3-8(15)10(4-7(6)14)19-11-9(5-18)17-1-2-20-12(17)16-11/h1-5H. The number of carbonyl (C=O) groups excluding carboxylic acids is 1. The van der Waals surface area contributed by atoms with Crippen LogP contribution in [-0.4, -0.2) is 15.7 Å². The highest BCUT2D eigenvalue weighted by Crippen LogP contribution is 2.37. The minimum atomic E-state index is 0.201. The molecule has 3 aromatic rings. The van der Waals surface area contributed by atoms with E-state index in [1.54, 1.807) is 22.7 Å². The zero-order valence-electron chi connectivity index (χ0n) is 9.64. The van der Waals surface area contributed by atoms with Crippen LogP contribution in [0.25, 0.3) is 4.96 Å². The summed E-state index contributed by atoms with van der Waals surface area (Å²) in [5.74, 6) is 0.542. The van der Waals surface area contributed by atoms with Crippen LogP contribution in [0.2, 0.25) is 10.0 Å². The van der Waals surface area contributed by atoms with Gasteiger partial charge in [0.05, 0.1) is 10.0 Å². The average Bonchev–Trinajstić information content (AvgIpc) is 2.96. The third kappa shape index (κ3) is 2.33. The molecule has 0 bridgehead atoms. The monoisotopic (exact) mass is 390 g/mol. The van der Waals surface area contributed by atoms with Crippen LogP contribution in [-0.2, 0) is 0 Å². The summed E-state index contributed by atoms with van der Waals surface area (Å²) in [4.78, 5) is 16.1. The molecule has 0 aliphatic carbocycles. The number of carbonyl (C=O) groups is 1. The number of hydrogen-bond acceptors (Lipinski definition) is 4. The molecule has 0 N–H and O–H groups in total. The topological polar surface area (TPSA) is 43.6 Å². The van der Waals surface area contributed by atoms with Crippen molar-refractivity contribution >= 4 is 61.7 Å². The van der Waals surface area contributed by atoms with Crippen LogP contribution in [0.4, 0.5) is 0 Å². The highest BCUT2D eigenvalue weighted by Gasteiger charge is 2.16. The smallest absolute Gasteiger partial charge is 0.250 e. The van der Waals surface area contributed by atoms with E-state index in [0.29, 0.717) is 37.2 Å². The first-order valence-electron chi connectivity index (χ1n) is 5.33. The Kier molecular flexibility index (Phi) is 3.72. The predicted octanol–water partition coefficient (Wildman–Crippen LogP) is 5.07. The van der Waals surface area contributed by atoms with Gasteiger partial charge in [0.1, 0.15) is 5.75 Å². The fourth-order valence-corrected chi connectivity index (χ4v) is 3.20. The number of thiazole rings is 1. The van der Waals surface area contributed by atoms with Crippen molar-refractivity contribution < 1.29 is 9.53 Å². The van der Waals surface area contributed by atoms with Crippen LogP contribution in [0.5, 0.6) is 11.6 Å². The Morgan fingerprint density at radius 1 is 1.35 bits per heavy atom. The Bertz CT molecular complexity index is 815. The van der Waals surface area contributed by atoms with Gasteiger partial charge in [0.15, 0.2) is 16.9 Å². The number of ether oxygens (including phenoxy) is 1. The van der Waals surface area contributed by atoms with Crippen LogP contribution in [0, 0.1) is 0 Å². The number of rotatable bonds is 3. The molecule has 0 radical (unpaired) electrons. The lowest BCUT2D eigenvalue weighted by Crippen LogP contribution is -1.92. The van der Waals surface area contributed by atoms with E-state index in [9.17, 15) is 4.79 Å². The van der Waals surface area contributed by atoms with Crippen molar-refractivity contribution in [2.24, 2.45) is 0 Å². The molecule has 2 aromatic heterocycles. The molecular formula is C12H5BrCl2N2O2S. The molecule has 4 nitrogen and oxygen atoms in total. The van der Waals surface area contributed by atoms with Crippen molar-refractivity contribution in [3.8, 4) is 11.6 Å². The van der Waals surface area contributed by atoms with Gasteiger partial charge < -0.3 is 4.74 Å². The number of hydrogen-bond donors (Lipinski definition) is 0. The summed E-state index contributed by atoms with van der Waals surface area (Å²) in [6, 6.07) is 3.19. The molecule has 0 atom stereocenters. The Labute approximate surface area is 136 Å². The van der Waals surface area contributed by atoms with E-state index in [1.165, 1.54) is 11.3 Å². The molecule has 20 heavy (non-hydrogen) atoms. The van der Waals surface area contributed by atoms with Crippen molar-refractivity contribution in [2.75, 3.05) is 0 Å². The van der Waals surface area contributed by atoms with Crippen LogP contribution in [0.3, 0.4) is 0 Å². The Balaban J connectivity index is 2.07. The highest BCUT2D eigenvalue weighted by molar-refractivity contribution is 9.10. The van der Waals surface area contributed by atoms with E-state index in [2.05, 4.69) is 20.9 Å². The van der Waals surface area contributed by atoms with Crippen LogP contribution in [0.15, 0.2) is 28.2 Å². The first-order chi connectivity index (χ1) is 9.60. The van der Waals surface area contributed by atoms with Gasteiger partial charge in [-0.3, -0.25) is 9.20 Å². The maximum absolute atomic E-state index is 11.2. The summed E-state index contributed by atoms with van der Waals surface area (Å²) in [5, 5.41) is 2.66. The third-order valence-corrected chi connectivity index (χ3v) is 4.81. The molecule has 0 fully saturated rings. The maximum atomic E-state index is 11.2. The lowest BCUT2D eigenvalue weighted by Gasteiger charge is -2.07. The summed E-state index contributed by atoms with van der Waals surface area (Å²) in [7, 11) is 0. The molecule has 0 unspecified atom stereocenters. The van der Waals surface area contributed by atoms with Gasteiger partial charge in [0.2, 0.25) is 5.88 Å². The van der Waals surface area contributed by atoms with E-state index in [-0.39, 0.29) is 5.88 Å². The summed E-state index contributed by atoms with van der Waals surface area (Å²) in [6.07, 6.45) is 2.44. The van der Waals surface area contributed by atoms with Gasteiger partial charge in [-0.1, -0.05) is 23.2 Å². The highest BCUT2D eigenvalue weighted by atomic mass is 79.9. The fraction of sp³-hybridized carbons (Fsp3) is 0. The van der Waals surface area contributed by atoms with E-state index in [1.807, 2.05) is 5.38 Å². The van der Waals surface area contributed by atoms with Crippen LogP contribution >= 0.6 is 50.5 Å². The number of nitrogens with zero attached hydrogens (tertiary/aromatic N) is 2. The minimum absolute atomic E-state index is 0.201. The molecule has 0 spiro atoms. The second kappa shape index (κ2) is 5.37. The van der Waals surface area contributed by atoms with Gasteiger partial charge in [-0.2, -0.15) is 4.98 Å². The minimum Gasteiger partial charge on any atom is -0.435 e. The molecule has 1 aromatic carbocycles. The van der Waals surface area contributed by atoms with Crippen LogP contribution in [0.1, 0.15) is 10.5 Å². The summed E-state index contributed by atoms with van der Waals surface area (Å²) in [5.41, 5.74) is 0.330. The fourth-order valence-electron chi connectivity index (χ4n) is 1.65. The van der Waals surface area contributed by atoms with E-state index < -0.39 is 0 Å². The van der Waals surface area contributed by atoms with E-state index in [0.717, 1.165) is 0 Å². The van der Waals surface area contributed by atoms with Crippen LogP contribution < -0.4 is 4.74 Å². The zero-order chi connectivity index (χ0) is 14.3. The van der Waals surface area contributed by atoms with Crippen molar-refractivity contribution in [3.63, 3.8) is 0 Å². The normalized spacial score (nSPS) is 10.9. The maximum Gasteiger partial charge on any atom is 0.250 e. The van der Waals surface area contributed by atoms with Crippen molar-refractivity contribution in [3.05, 3.63) is 43.9 Å². The number of fused-ring (bicyclic) bond motifs is 1. The van der Waals surface area contributed by atoms with Gasteiger partial charge in [-0.05, 0) is 22.0 Å². The molecule has 0 saturated carbocycles. The molecule has 3 rings (SSSR count). The van der Waals surface area contributed by atoms with Crippen molar-refractivity contribution in [1.29, 1.82) is 0 Å². The molecule has 8 heteroatoms. The predicted molar refractivity (Wildman–Crippen MR) is 82.7 cm³/mol. The van der Waals surface area contributed by atoms with E-state index >= 15 is 0 Å². The van der Waals surface area contributed by atoms with Gasteiger partial charge in [0.25, 0.3) is 0 Å².